The molecule has 0 saturated heterocycles. The summed E-state index contributed by atoms with van der Waals surface area (Å²) >= 11 is 0.404. The van der Waals surface area contributed by atoms with Crippen LogP contribution in [-0.4, -0.2) is 23.2 Å². The van der Waals surface area contributed by atoms with Crippen molar-refractivity contribution in [2.45, 2.75) is 17.6 Å². The molecule has 0 radical (unpaired) electrons. The van der Waals surface area contributed by atoms with Gasteiger partial charge in [0.25, 0.3) is 11.7 Å². The van der Waals surface area contributed by atoms with Gasteiger partial charge in [-0.05, 0) is 42.8 Å². The lowest BCUT2D eigenvalue weighted by Crippen LogP contribution is -2.20. The van der Waals surface area contributed by atoms with E-state index in [1.54, 1.807) is 13.0 Å². The number of anilines is 1. The smallest absolute Gasteiger partial charge is 0.311 e. The second-order valence-electron chi connectivity index (χ2n) is 4.97. The van der Waals surface area contributed by atoms with Gasteiger partial charge in [-0.1, -0.05) is 17.8 Å². The van der Waals surface area contributed by atoms with Crippen LogP contribution in [0, 0.1) is 17.0 Å². The standard InChI is InChI=1S/C16H14F2N2O4S/c1-10-2-7-14(13(8-10)20(22)23)24-9-15(21)19-11-3-5-12(6-4-11)25-16(17)18/h2-8,16H,9H2,1H3,(H,19,21). The number of hydrogen-bond donors (Lipinski definition) is 1. The predicted molar refractivity (Wildman–Crippen MR) is 90.3 cm³/mol. The SMILES string of the molecule is Cc1ccc(OCC(=O)Nc2ccc(SC(F)F)cc2)c([N+](=O)[O-])c1. The van der Waals surface area contributed by atoms with Crippen molar-refractivity contribution in [1.82, 2.24) is 0 Å². The van der Waals surface area contributed by atoms with Gasteiger partial charge in [-0.2, -0.15) is 8.78 Å². The first-order valence-electron chi connectivity index (χ1n) is 7.07. The minimum atomic E-state index is -2.51. The van der Waals surface area contributed by atoms with Crippen molar-refractivity contribution in [2.75, 3.05) is 11.9 Å². The number of nitro benzene ring substituents is 1. The van der Waals surface area contributed by atoms with E-state index < -0.39 is 23.2 Å². The molecular weight excluding hydrogens is 354 g/mol. The first kappa shape index (κ1) is 18.7. The van der Waals surface area contributed by atoms with Gasteiger partial charge in [0.15, 0.2) is 12.4 Å². The van der Waals surface area contributed by atoms with Crippen molar-refractivity contribution in [3.05, 3.63) is 58.1 Å². The average Bonchev–Trinajstić information content (AvgIpc) is 2.55. The highest BCUT2D eigenvalue weighted by molar-refractivity contribution is 7.99. The molecule has 0 aromatic heterocycles. The summed E-state index contributed by atoms with van der Waals surface area (Å²) in [5.41, 5.74) is 0.886. The Kier molecular flexibility index (Phi) is 6.29. The van der Waals surface area contributed by atoms with Crippen LogP contribution in [-0.2, 0) is 4.79 Å². The van der Waals surface area contributed by atoms with Crippen LogP contribution in [0.4, 0.5) is 20.2 Å². The number of alkyl halides is 2. The van der Waals surface area contributed by atoms with Gasteiger partial charge in [-0.15, -0.1) is 0 Å². The fourth-order valence-corrected chi connectivity index (χ4v) is 2.45. The van der Waals surface area contributed by atoms with Crippen molar-refractivity contribution in [3.8, 4) is 5.75 Å². The Hall–Kier alpha value is -2.68. The summed E-state index contributed by atoms with van der Waals surface area (Å²) in [7, 11) is 0. The summed E-state index contributed by atoms with van der Waals surface area (Å²) in [6.45, 7) is 1.29. The second kappa shape index (κ2) is 8.43. The molecule has 0 fully saturated rings. The Balaban J connectivity index is 1.94. The zero-order chi connectivity index (χ0) is 18.4. The fraction of sp³-hybridized carbons (Fsp3) is 0.188. The molecule has 0 spiro atoms. The molecule has 0 aliphatic carbocycles. The van der Waals surface area contributed by atoms with Crippen molar-refractivity contribution in [1.29, 1.82) is 0 Å². The van der Waals surface area contributed by atoms with Gasteiger partial charge in [0.05, 0.1) is 4.92 Å². The Morgan fingerprint density at radius 2 is 1.96 bits per heavy atom. The Morgan fingerprint density at radius 3 is 2.56 bits per heavy atom. The molecule has 0 saturated carbocycles. The molecule has 25 heavy (non-hydrogen) atoms. The molecule has 6 nitrogen and oxygen atoms in total. The van der Waals surface area contributed by atoms with Crippen molar-refractivity contribution in [2.24, 2.45) is 0 Å². The van der Waals surface area contributed by atoms with E-state index in [1.807, 2.05) is 0 Å². The van der Waals surface area contributed by atoms with Crippen LogP contribution in [0.2, 0.25) is 0 Å². The van der Waals surface area contributed by atoms with E-state index in [2.05, 4.69) is 5.32 Å². The predicted octanol–water partition coefficient (Wildman–Crippen LogP) is 4.24. The molecule has 2 aromatic carbocycles. The summed E-state index contributed by atoms with van der Waals surface area (Å²) in [6, 6.07) is 10.3. The highest BCUT2D eigenvalue weighted by Crippen LogP contribution is 2.28. The Bertz CT molecular complexity index is 769. The van der Waals surface area contributed by atoms with E-state index >= 15 is 0 Å². The van der Waals surface area contributed by atoms with Crippen molar-refractivity contribution in [3.63, 3.8) is 0 Å². The van der Waals surface area contributed by atoms with Gasteiger partial charge in [0, 0.05) is 16.6 Å². The number of nitro groups is 1. The van der Waals surface area contributed by atoms with Gasteiger partial charge < -0.3 is 10.1 Å². The molecule has 0 aliphatic heterocycles. The van der Waals surface area contributed by atoms with Crippen LogP contribution in [0.25, 0.3) is 0 Å². The quantitative estimate of drug-likeness (QED) is 0.449. The highest BCUT2D eigenvalue weighted by Gasteiger charge is 2.16. The van der Waals surface area contributed by atoms with E-state index in [0.29, 0.717) is 27.9 Å². The summed E-state index contributed by atoms with van der Waals surface area (Å²) in [5.74, 6) is -3.04. The van der Waals surface area contributed by atoms with Crippen molar-refractivity contribution < 1.29 is 23.2 Å². The number of carbonyl (C=O) groups is 1. The number of benzene rings is 2. The van der Waals surface area contributed by atoms with Gasteiger partial charge >= 0.3 is 5.69 Å². The number of ether oxygens (including phenoxy) is 1. The van der Waals surface area contributed by atoms with Crippen LogP contribution in [0.15, 0.2) is 47.4 Å². The molecule has 0 heterocycles. The third-order valence-corrected chi connectivity index (χ3v) is 3.76. The summed E-state index contributed by atoms with van der Waals surface area (Å²) in [4.78, 5) is 22.6. The number of nitrogens with one attached hydrogen (secondary N) is 1. The lowest BCUT2D eigenvalue weighted by molar-refractivity contribution is -0.385. The molecule has 0 unspecified atom stereocenters. The molecule has 0 bridgehead atoms. The van der Waals surface area contributed by atoms with Crippen LogP contribution >= 0.6 is 11.8 Å². The normalized spacial score (nSPS) is 10.6. The van der Waals surface area contributed by atoms with E-state index in [1.165, 1.54) is 36.4 Å². The van der Waals surface area contributed by atoms with Gasteiger partial charge in [-0.25, -0.2) is 0 Å². The monoisotopic (exact) mass is 368 g/mol. The number of thioether (sulfide) groups is 1. The first-order valence-corrected chi connectivity index (χ1v) is 7.95. The zero-order valence-corrected chi connectivity index (χ0v) is 13.9. The number of carbonyl (C=O) groups excluding carboxylic acids is 1. The molecule has 0 aliphatic rings. The Labute approximate surface area is 146 Å². The second-order valence-corrected chi connectivity index (χ2v) is 6.03. The number of halogens is 2. The maximum atomic E-state index is 12.2. The number of nitrogens with zero attached hydrogens (tertiary/aromatic N) is 1. The molecular formula is C16H14F2N2O4S. The molecule has 1 N–H and O–H groups in total. The summed E-state index contributed by atoms with van der Waals surface area (Å²) in [5, 5.41) is 13.5. The van der Waals surface area contributed by atoms with Crippen LogP contribution in [0.3, 0.4) is 0 Å². The molecule has 1 amide bonds. The van der Waals surface area contributed by atoms with E-state index in [9.17, 15) is 23.7 Å². The van der Waals surface area contributed by atoms with E-state index in [-0.39, 0.29) is 11.4 Å². The van der Waals surface area contributed by atoms with Crippen molar-refractivity contribution >= 4 is 29.0 Å². The third-order valence-electron chi connectivity index (χ3n) is 3.03. The maximum Gasteiger partial charge on any atom is 0.311 e. The molecule has 2 rings (SSSR count). The lowest BCUT2D eigenvalue weighted by Gasteiger charge is -2.09. The van der Waals surface area contributed by atoms with Gasteiger partial charge in [-0.3, -0.25) is 14.9 Å². The number of amides is 1. The Morgan fingerprint density at radius 1 is 1.28 bits per heavy atom. The largest absolute Gasteiger partial charge is 0.477 e. The highest BCUT2D eigenvalue weighted by atomic mass is 32.2. The van der Waals surface area contributed by atoms with E-state index in [4.69, 9.17) is 4.74 Å². The number of hydrogen-bond acceptors (Lipinski definition) is 5. The van der Waals surface area contributed by atoms with Gasteiger partial charge in [0.1, 0.15) is 0 Å². The van der Waals surface area contributed by atoms with Gasteiger partial charge in [0.2, 0.25) is 0 Å². The number of aryl methyl sites for hydroxylation is 1. The third kappa shape index (κ3) is 5.71. The average molecular weight is 368 g/mol. The van der Waals surface area contributed by atoms with Crippen LogP contribution < -0.4 is 10.1 Å². The molecule has 0 atom stereocenters. The maximum absolute atomic E-state index is 12.2. The minimum absolute atomic E-state index is 0.00516. The molecule has 9 heteroatoms. The summed E-state index contributed by atoms with van der Waals surface area (Å²) < 4.78 is 29.7. The topological polar surface area (TPSA) is 81.5 Å². The van der Waals surface area contributed by atoms with Crippen LogP contribution in [0.5, 0.6) is 5.75 Å². The first-order chi connectivity index (χ1) is 11.8. The summed E-state index contributed by atoms with van der Waals surface area (Å²) in [6.07, 6.45) is 0. The van der Waals surface area contributed by atoms with E-state index in [0.717, 1.165) is 0 Å². The molecule has 2 aromatic rings. The molecule has 132 valence electrons. The number of rotatable bonds is 7. The fourth-order valence-electron chi connectivity index (χ4n) is 1.95. The zero-order valence-electron chi connectivity index (χ0n) is 13.1. The lowest BCUT2D eigenvalue weighted by atomic mass is 10.2. The van der Waals surface area contributed by atoms with Crippen LogP contribution in [0.1, 0.15) is 5.56 Å². The minimum Gasteiger partial charge on any atom is -0.477 e.